The highest BCUT2D eigenvalue weighted by Crippen LogP contribution is 2.17. The Bertz CT molecular complexity index is 186. The van der Waals surface area contributed by atoms with Crippen LogP contribution in [0.1, 0.15) is 33.6 Å². The first-order valence-corrected chi connectivity index (χ1v) is 5.58. The third kappa shape index (κ3) is 3.66. The molecule has 14 heavy (non-hydrogen) atoms. The molecule has 1 atom stereocenters. The molecule has 1 aliphatic rings. The molecule has 1 N–H and O–H groups in total. The van der Waals surface area contributed by atoms with Crippen LogP contribution < -0.4 is 5.32 Å². The average molecular weight is 198 g/mol. The average Bonchev–Trinajstić information content (AvgIpc) is 2.15. The molecule has 1 unspecified atom stereocenters. The number of amides is 1. The van der Waals surface area contributed by atoms with Gasteiger partial charge in [-0.2, -0.15) is 0 Å². The molecule has 0 spiro atoms. The predicted octanol–water partition coefficient (Wildman–Crippen LogP) is 1.24. The van der Waals surface area contributed by atoms with E-state index in [0.717, 1.165) is 12.5 Å². The number of carbonyl (C=O) groups is 1. The van der Waals surface area contributed by atoms with Crippen LogP contribution in [0.25, 0.3) is 0 Å². The zero-order valence-electron chi connectivity index (χ0n) is 9.55. The monoisotopic (exact) mass is 198 g/mol. The first kappa shape index (κ1) is 11.5. The Balaban J connectivity index is 2.23. The molecule has 0 aliphatic carbocycles. The minimum Gasteiger partial charge on any atom is -0.355 e. The standard InChI is InChI=1S/C11H22N2O/c1-9-4-6-13(7-5-9)10(2)8-12-11(3)14/h9-10H,4-8H2,1-3H3,(H,12,14). The number of carbonyl (C=O) groups excluding carboxylic acids is 1. The van der Waals surface area contributed by atoms with Gasteiger partial charge in [-0.1, -0.05) is 6.92 Å². The number of hydrogen-bond donors (Lipinski definition) is 1. The molecule has 1 saturated heterocycles. The number of hydrogen-bond acceptors (Lipinski definition) is 2. The molecule has 0 aromatic carbocycles. The normalized spacial score (nSPS) is 21.9. The summed E-state index contributed by atoms with van der Waals surface area (Å²) in [5, 5.41) is 2.87. The first-order chi connectivity index (χ1) is 6.59. The molecular weight excluding hydrogens is 176 g/mol. The van der Waals surface area contributed by atoms with Crippen molar-refractivity contribution in [3.8, 4) is 0 Å². The van der Waals surface area contributed by atoms with E-state index >= 15 is 0 Å². The van der Waals surface area contributed by atoms with Crippen molar-refractivity contribution in [1.29, 1.82) is 0 Å². The molecule has 82 valence electrons. The summed E-state index contributed by atoms with van der Waals surface area (Å²) in [6, 6.07) is 0.478. The lowest BCUT2D eigenvalue weighted by molar-refractivity contribution is -0.119. The van der Waals surface area contributed by atoms with Gasteiger partial charge in [0.2, 0.25) is 5.91 Å². The van der Waals surface area contributed by atoms with Gasteiger partial charge in [-0.05, 0) is 38.8 Å². The molecular formula is C11H22N2O. The number of likely N-dealkylation sites (tertiary alicyclic amines) is 1. The lowest BCUT2D eigenvalue weighted by atomic mass is 9.98. The Morgan fingerprint density at radius 1 is 1.50 bits per heavy atom. The maximum atomic E-state index is 10.8. The molecule has 0 aromatic rings. The van der Waals surface area contributed by atoms with Gasteiger partial charge in [0.1, 0.15) is 0 Å². The van der Waals surface area contributed by atoms with E-state index in [4.69, 9.17) is 0 Å². The molecule has 0 saturated carbocycles. The van der Waals surface area contributed by atoms with Crippen LogP contribution >= 0.6 is 0 Å². The smallest absolute Gasteiger partial charge is 0.216 e. The van der Waals surface area contributed by atoms with Crippen molar-refractivity contribution in [3.05, 3.63) is 0 Å². The van der Waals surface area contributed by atoms with Crippen molar-refractivity contribution in [1.82, 2.24) is 10.2 Å². The van der Waals surface area contributed by atoms with Crippen LogP contribution in [-0.4, -0.2) is 36.5 Å². The van der Waals surface area contributed by atoms with E-state index in [9.17, 15) is 4.79 Å². The van der Waals surface area contributed by atoms with Crippen LogP contribution in [0.3, 0.4) is 0 Å². The molecule has 1 amide bonds. The van der Waals surface area contributed by atoms with Crippen molar-refractivity contribution < 1.29 is 4.79 Å². The largest absolute Gasteiger partial charge is 0.355 e. The van der Waals surface area contributed by atoms with Gasteiger partial charge >= 0.3 is 0 Å². The fourth-order valence-electron chi connectivity index (χ4n) is 1.89. The van der Waals surface area contributed by atoms with Crippen molar-refractivity contribution in [2.45, 2.75) is 39.7 Å². The summed E-state index contributed by atoms with van der Waals surface area (Å²) < 4.78 is 0. The van der Waals surface area contributed by atoms with Crippen LogP contribution in [-0.2, 0) is 4.79 Å². The highest BCUT2D eigenvalue weighted by Gasteiger charge is 2.19. The molecule has 1 rings (SSSR count). The second kappa shape index (κ2) is 5.35. The highest BCUT2D eigenvalue weighted by molar-refractivity contribution is 5.72. The minimum atomic E-state index is 0.0715. The summed E-state index contributed by atoms with van der Waals surface area (Å²) in [7, 11) is 0. The summed E-state index contributed by atoms with van der Waals surface area (Å²) in [6.45, 7) is 9.22. The molecule has 1 aliphatic heterocycles. The van der Waals surface area contributed by atoms with E-state index in [-0.39, 0.29) is 5.91 Å². The topological polar surface area (TPSA) is 32.3 Å². The second-order valence-corrected chi connectivity index (χ2v) is 4.50. The van der Waals surface area contributed by atoms with Crippen molar-refractivity contribution in [3.63, 3.8) is 0 Å². The van der Waals surface area contributed by atoms with E-state index in [0.29, 0.717) is 6.04 Å². The Labute approximate surface area is 86.9 Å². The Morgan fingerprint density at radius 2 is 2.07 bits per heavy atom. The summed E-state index contributed by atoms with van der Waals surface area (Å²) in [5.41, 5.74) is 0. The zero-order valence-corrected chi connectivity index (χ0v) is 9.55. The van der Waals surface area contributed by atoms with Gasteiger partial charge in [-0.25, -0.2) is 0 Å². The molecule has 0 aromatic heterocycles. The van der Waals surface area contributed by atoms with Gasteiger partial charge in [0.05, 0.1) is 0 Å². The van der Waals surface area contributed by atoms with Gasteiger partial charge in [0, 0.05) is 19.5 Å². The third-order valence-electron chi connectivity index (χ3n) is 3.09. The van der Waals surface area contributed by atoms with Gasteiger partial charge in [-0.15, -0.1) is 0 Å². The van der Waals surface area contributed by atoms with E-state index in [2.05, 4.69) is 24.1 Å². The summed E-state index contributed by atoms with van der Waals surface area (Å²) >= 11 is 0. The lowest BCUT2D eigenvalue weighted by Gasteiger charge is -2.34. The minimum absolute atomic E-state index is 0.0715. The first-order valence-electron chi connectivity index (χ1n) is 5.58. The van der Waals surface area contributed by atoms with E-state index in [1.807, 2.05) is 0 Å². The number of piperidine rings is 1. The predicted molar refractivity (Wildman–Crippen MR) is 58.1 cm³/mol. The van der Waals surface area contributed by atoms with Gasteiger partial charge in [0.15, 0.2) is 0 Å². The number of nitrogens with one attached hydrogen (secondary N) is 1. The van der Waals surface area contributed by atoms with Crippen LogP contribution in [0, 0.1) is 5.92 Å². The SMILES string of the molecule is CC(=O)NCC(C)N1CCC(C)CC1. The van der Waals surface area contributed by atoms with E-state index < -0.39 is 0 Å². The Morgan fingerprint density at radius 3 is 2.57 bits per heavy atom. The third-order valence-corrected chi connectivity index (χ3v) is 3.09. The van der Waals surface area contributed by atoms with Crippen molar-refractivity contribution in [2.75, 3.05) is 19.6 Å². The van der Waals surface area contributed by atoms with Gasteiger partial charge < -0.3 is 5.32 Å². The van der Waals surface area contributed by atoms with Gasteiger partial charge in [-0.3, -0.25) is 9.69 Å². The summed E-state index contributed by atoms with van der Waals surface area (Å²) in [5.74, 6) is 0.946. The fraction of sp³-hybridized carbons (Fsp3) is 0.909. The molecule has 0 radical (unpaired) electrons. The van der Waals surface area contributed by atoms with Crippen LogP contribution in [0.15, 0.2) is 0 Å². The maximum Gasteiger partial charge on any atom is 0.216 e. The van der Waals surface area contributed by atoms with E-state index in [1.165, 1.54) is 25.9 Å². The van der Waals surface area contributed by atoms with Crippen LogP contribution in [0.5, 0.6) is 0 Å². The van der Waals surface area contributed by atoms with Crippen LogP contribution in [0.4, 0.5) is 0 Å². The highest BCUT2D eigenvalue weighted by atomic mass is 16.1. The van der Waals surface area contributed by atoms with Crippen LogP contribution in [0.2, 0.25) is 0 Å². The molecule has 3 nitrogen and oxygen atoms in total. The fourth-order valence-corrected chi connectivity index (χ4v) is 1.89. The Kier molecular flexibility index (Phi) is 4.39. The lowest BCUT2D eigenvalue weighted by Crippen LogP contribution is -2.45. The molecule has 3 heteroatoms. The van der Waals surface area contributed by atoms with Crippen molar-refractivity contribution >= 4 is 5.91 Å². The molecule has 1 heterocycles. The quantitative estimate of drug-likeness (QED) is 0.740. The molecule has 1 fully saturated rings. The maximum absolute atomic E-state index is 10.8. The number of nitrogens with zero attached hydrogens (tertiary/aromatic N) is 1. The van der Waals surface area contributed by atoms with E-state index in [1.54, 1.807) is 6.92 Å². The zero-order chi connectivity index (χ0) is 10.6. The Hall–Kier alpha value is -0.570. The summed E-state index contributed by atoms with van der Waals surface area (Å²) in [6.07, 6.45) is 2.59. The second-order valence-electron chi connectivity index (χ2n) is 4.50. The van der Waals surface area contributed by atoms with Gasteiger partial charge in [0.25, 0.3) is 0 Å². The number of rotatable bonds is 3. The summed E-state index contributed by atoms with van der Waals surface area (Å²) in [4.78, 5) is 13.2. The molecule has 0 bridgehead atoms. The van der Waals surface area contributed by atoms with Crippen molar-refractivity contribution in [2.24, 2.45) is 5.92 Å².